The normalized spacial score (nSPS) is 18.9. The molecule has 114 valence electrons. The van der Waals surface area contributed by atoms with Crippen molar-refractivity contribution < 1.29 is 0 Å². The topological polar surface area (TPSA) is 55.0 Å². The molecule has 0 saturated carbocycles. The third kappa shape index (κ3) is 1.99. The third-order valence-electron chi connectivity index (χ3n) is 4.60. The van der Waals surface area contributed by atoms with Gasteiger partial charge < -0.3 is 10.0 Å². The van der Waals surface area contributed by atoms with Gasteiger partial charge in [-0.2, -0.15) is 0 Å². The van der Waals surface area contributed by atoms with E-state index in [2.05, 4.69) is 46.3 Å². The highest BCUT2D eigenvalue weighted by atomic mass is 32.2. The van der Waals surface area contributed by atoms with E-state index in [9.17, 15) is 0 Å². The maximum absolute atomic E-state index is 6.17. The average Bonchev–Trinajstić information content (AvgIpc) is 3.00. The molecule has 0 unspecified atom stereocenters. The second kappa shape index (κ2) is 4.88. The number of hydrogen-bond acceptors (Lipinski definition) is 5. The molecule has 4 rings (SSSR count). The molecule has 2 heterocycles. The maximum Gasteiger partial charge on any atom is 0.131 e. The fraction of sp³-hybridized carbons (Fsp3) is 0.412. The molecular weight excluding hydrogens is 292 g/mol. The molecule has 0 radical (unpaired) electrons. The van der Waals surface area contributed by atoms with Crippen molar-refractivity contribution in [3.05, 3.63) is 35.7 Å². The molecule has 2 aromatic rings. The van der Waals surface area contributed by atoms with Crippen molar-refractivity contribution in [3.8, 4) is 11.3 Å². The summed E-state index contributed by atoms with van der Waals surface area (Å²) >= 11 is 1.93. The zero-order valence-corrected chi connectivity index (χ0v) is 13.8. The summed E-state index contributed by atoms with van der Waals surface area (Å²) in [6.07, 6.45) is 3.81. The van der Waals surface area contributed by atoms with E-state index in [1.54, 1.807) is 6.33 Å². The zero-order chi connectivity index (χ0) is 15.3. The predicted octanol–water partition coefficient (Wildman–Crippen LogP) is 3.42. The molecule has 1 aromatic carbocycles. The molecule has 1 aliphatic heterocycles. The summed E-state index contributed by atoms with van der Waals surface area (Å²) in [6, 6.07) is 6.54. The molecule has 2 N–H and O–H groups in total. The fourth-order valence-electron chi connectivity index (χ4n) is 3.65. The number of fused-ring (bicyclic) bond motifs is 3. The lowest BCUT2D eigenvalue weighted by Gasteiger charge is -2.36. The Kier molecular flexibility index (Phi) is 3.08. The van der Waals surface area contributed by atoms with Crippen LogP contribution < -0.4 is 10.0 Å². The van der Waals surface area contributed by atoms with E-state index in [1.807, 2.05) is 11.9 Å². The lowest BCUT2D eigenvalue weighted by molar-refractivity contribution is 0.515. The Hall–Kier alpha value is -1.75. The van der Waals surface area contributed by atoms with E-state index < -0.39 is 0 Å². The minimum atomic E-state index is -0.0474. The minimum absolute atomic E-state index is 0.0474. The van der Waals surface area contributed by atoms with Crippen molar-refractivity contribution in [1.82, 2.24) is 9.97 Å². The predicted molar refractivity (Wildman–Crippen MR) is 93.0 cm³/mol. The van der Waals surface area contributed by atoms with Gasteiger partial charge in [0.05, 0.1) is 11.4 Å². The van der Waals surface area contributed by atoms with E-state index in [0.717, 1.165) is 24.2 Å². The number of benzene rings is 1. The first-order chi connectivity index (χ1) is 10.6. The Bertz CT molecular complexity index is 735. The van der Waals surface area contributed by atoms with Gasteiger partial charge in [-0.05, 0) is 41.8 Å². The summed E-state index contributed by atoms with van der Waals surface area (Å²) in [6.45, 7) is 5.60. The highest BCUT2D eigenvalue weighted by molar-refractivity contribution is 8.00. The van der Waals surface area contributed by atoms with Crippen LogP contribution in [0.25, 0.3) is 11.3 Å². The molecule has 2 aliphatic rings. The summed E-state index contributed by atoms with van der Waals surface area (Å²) in [4.78, 5) is 8.78. The van der Waals surface area contributed by atoms with Crippen LogP contribution in [0.5, 0.6) is 0 Å². The van der Waals surface area contributed by atoms with Gasteiger partial charge in [0, 0.05) is 23.4 Å². The SMILES string of the molecule is CC1(C)Cc2c(cccc2N2CCCS2)-c2ncnc(N)c21. The third-order valence-corrected chi connectivity index (χ3v) is 5.76. The lowest BCUT2D eigenvalue weighted by Crippen LogP contribution is -2.29. The van der Waals surface area contributed by atoms with Crippen LogP contribution in [0.2, 0.25) is 0 Å². The van der Waals surface area contributed by atoms with Gasteiger partial charge >= 0.3 is 0 Å². The van der Waals surface area contributed by atoms with Gasteiger partial charge in [-0.3, -0.25) is 0 Å². The molecule has 0 amide bonds. The first-order valence-electron chi connectivity index (χ1n) is 7.71. The largest absolute Gasteiger partial charge is 0.383 e. The van der Waals surface area contributed by atoms with Gasteiger partial charge in [-0.25, -0.2) is 9.97 Å². The molecule has 5 heteroatoms. The van der Waals surface area contributed by atoms with Crippen molar-refractivity contribution in [3.63, 3.8) is 0 Å². The molecule has 1 fully saturated rings. The number of hydrogen-bond donors (Lipinski definition) is 1. The van der Waals surface area contributed by atoms with Crippen molar-refractivity contribution >= 4 is 23.5 Å². The molecule has 0 bridgehead atoms. The Morgan fingerprint density at radius 2 is 2.14 bits per heavy atom. The van der Waals surface area contributed by atoms with E-state index in [0.29, 0.717) is 5.82 Å². The van der Waals surface area contributed by atoms with Gasteiger partial charge in [-0.15, -0.1) is 0 Å². The van der Waals surface area contributed by atoms with E-state index in [4.69, 9.17) is 5.73 Å². The number of rotatable bonds is 1. The highest BCUT2D eigenvalue weighted by Gasteiger charge is 2.36. The molecule has 0 atom stereocenters. The molecule has 1 aliphatic carbocycles. The molecule has 1 saturated heterocycles. The van der Waals surface area contributed by atoms with E-state index in [1.165, 1.54) is 29.0 Å². The van der Waals surface area contributed by atoms with Gasteiger partial charge in [0.2, 0.25) is 0 Å². The number of nitrogens with zero attached hydrogens (tertiary/aromatic N) is 3. The molecule has 22 heavy (non-hydrogen) atoms. The van der Waals surface area contributed by atoms with Gasteiger partial charge in [-0.1, -0.05) is 26.0 Å². The van der Waals surface area contributed by atoms with Crippen LogP contribution in [0.3, 0.4) is 0 Å². The molecule has 0 spiro atoms. The Labute approximate surface area is 135 Å². The summed E-state index contributed by atoms with van der Waals surface area (Å²) in [5.41, 5.74) is 12.2. The summed E-state index contributed by atoms with van der Waals surface area (Å²) in [5.74, 6) is 1.82. The van der Waals surface area contributed by atoms with Gasteiger partial charge in [0.1, 0.15) is 12.1 Å². The van der Waals surface area contributed by atoms with Crippen LogP contribution in [0.1, 0.15) is 31.4 Å². The van der Waals surface area contributed by atoms with E-state index >= 15 is 0 Å². The fourth-order valence-corrected chi connectivity index (χ4v) is 4.70. The number of nitrogens with two attached hydrogens (primary N) is 1. The minimum Gasteiger partial charge on any atom is -0.383 e. The second-order valence-electron chi connectivity index (χ2n) is 6.64. The van der Waals surface area contributed by atoms with Gasteiger partial charge in [0.25, 0.3) is 0 Å². The van der Waals surface area contributed by atoms with Crippen molar-refractivity contribution in [2.24, 2.45) is 0 Å². The van der Waals surface area contributed by atoms with Crippen LogP contribution in [-0.4, -0.2) is 22.3 Å². The van der Waals surface area contributed by atoms with Crippen molar-refractivity contribution in [2.45, 2.75) is 32.1 Å². The molecular formula is C17H20N4S. The van der Waals surface area contributed by atoms with Gasteiger partial charge in [0.15, 0.2) is 0 Å². The first kappa shape index (κ1) is 13.9. The maximum atomic E-state index is 6.17. The number of aromatic nitrogens is 2. The Morgan fingerprint density at radius 1 is 1.27 bits per heavy atom. The quantitative estimate of drug-likeness (QED) is 0.818. The number of nitrogen functional groups attached to an aromatic ring is 1. The Balaban J connectivity index is 1.95. The summed E-state index contributed by atoms with van der Waals surface area (Å²) in [5, 5.41) is 0. The van der Waals surface area contributed by atoms with Crippen LogP contribution in [0.15, 0.2) is 24.5 Å². The lowest BCUT2D eigenvalue weighted by atomic mass is 9.71. The zero-order valence-electron chi connectivity index (χ0n) is 13.0. The van der Waals surface area contributed by atoms with Crippen LogP contribution >= 0.6 is 11.9 Å². The smallest absolute Gasteiger partial charge is 0.131 e. The Morgan fingerprint density at radius 3 is 2.91 bits per heavy atom. The first-order valence-corrected chi connectivity index (χ1v) is 8.66. The molecule has 1 aromatic heterocycles. The monoisotopic (exact) mass is 312 g/mol. The van der Waals surface area contributed by atoms with Crippen LogP contribution in [0.4, 0.5) is 11.5 Å². The summed E-state index contributed by atoms with van der Waals surface area (Å²) < 4.78 is 2.43. The molecule has 4 nitrogen and oxygen atoms in total. The number of anilines is 2. The summed E-state index contributed by atoms with van der Waals surface area (Å²) in [7, 11) is 0. The van der Waals surface area contributed by atoms with Crippen LogP contribution in [0, 0.1) is 0 Å². The van der Waals surface area contributed by atoms with Crippen LogP contribution in [-0.2, 0) is 11.8 Å². The van der Waals surface area contributed by atoms with Crippen molar-refractivity contribution in [2.75, 3.05) is 22.3 Å². The van der Waals surface area contributed by atoms with Crippen molar-refractivity contribution in [1.29, 1.82) is 0 Å². The second-order valence-corrected chi connectivity index (χ2v) is 7.74. The average molecular weight is 312 g/mol. The standard InChI is InChI=1S/C17H20N4S/c1-17(2)9-12-11(15-14(17)16(18)20-10-19-15)5-3-6-13(12)21-7-4-8-22-21/h3,5-6,10H,4,7-9H2,1-2H3,(H2,18,19,20). The van der Waals surface area contributed by atoms with E-state index in [-0.39, 0.29) is 5.41 Å². The highest BCUT2D eigenvalue weighted by Crippen LogP contribution is 2.47.